The van der Waals surface area contributed by atoms with E-state index in [-0.39, 0.29) is 29.8 Å². The molecule has 4 rings (SSSR count). The first-order valence-corrected chi connectivity index (χ1v) is 16.5. The third kappa shape index (κ3) is 8.62. The lowest BCUT2D eigenvalue weighted by Crippen LogP contribution is -2.54. The molecular formula is C34H35Cl2N3O4S. The molecule has 2 atom stereocenters. The van der Waals surface area contributed by atoms with Gasteiger partial charge in [0.25, 0.3) is 10.0 Å². The topological polar surface area (TPSA) is 86.8 Å². The van der Waals surface area contributed by atoms with E-state index in [0.717, 1.165) is 9.87 Å². The van der Waals surface area contributed by atoms with Gasteiger partial charge in [0.1, 0.15) is 12.6 Å². The van der Waals surface area contributed by atoms with Crippen molar-refractivity contribution in [3.63, 3.8) is 0 Å². The summed E-state index contributed by atoms with van der Waals surface area (Å²) in [6, 6.07) is 29.6. The zero-order valence-electron chi connectivity index (χ0n) is 24.6. The van der Waals surface area contributed by atoms with Crippen molar-refractivity contribution in [2.24, 2.45) is 0 Å². The molecule has 2 unspecified atom stereocenters. The number of amides is 2. The first-order chi connectivity index (χ1) is 21.1. The number of benzene rings is 4. The van der Waals surface area contributed by atoms with E-state index >= 15 is 0 Å². The van der Waals surface area contributed by atoms with Gasteiger partial charge in [0.2, 0.25) is 11.8 Å². The minimum atomic E-state index is -4.20. The van der Waals surface area contributed by atoms with Crippen molar-refractivity contribution in [3.8, 4) is 0 Å². The molecule has 4 aromatic carbocycles. The Balaban J connectivity index is 1.79. The fourth-order valence-corrected chi connectivity index (χ4v) is 6.44. The Morgan fingerprint density at radius 2 is 1.41 bits per heavy atom. The summed E-state index contributed by atoms with van der Waals surface area (Å²) in [5.74, 6) is -0.878. The van der Waals surface area contributed by atoms with Crippen LogP contribution in [0.5, 0.6) is 0 Å². The summed E-state index contributed by atoms with van der Waals surface area (Å²) in [4.78, 5) is 29.7. The molecule has 1 N–H and O–H groups in total. The van der Waals surface area contributed by atoms with Crippen LogP contribution < -0.4 is 9.62 Å². The highest BCUT2D eigenvalue weighted by Gasteiger charge is 2.35. The molecule has 0 fully saturated rings. The average Bonchev–Trinajstić information content (AvgIpc) is 3.02. The number of hydrogen-bond donors (Lipinski definition) is 1. The monoisotopic (exact) mass is 651 g/mol. The third-order valence-corrected chi connectivity index (χ3v) is 9.51. The van der Waals surface area contributed by atoms with Gasteiger partial charge in [0.15, 0.2) is 0 Å². The van der Waals surface area contributed by atoms with E-state index in [1.54, 1.807) is 48.5 Å². The van der Waals surface area contributed by atoms with Crippen LogP contribution in [-0.4, -0.2) is 43.8 Å². The number of sulfonamides is 1. The lowest BCUT2D eigenvalue weighted by Gasteiger charge is -2.34. The quantitative estimate of drug-likeness (QED) is 0.173. The predicted molar refractivity (Wildman–Crippen MR) is 176 cm³/mol. The molecule has 0 aliphatic heterocycles. The van der Waals surface area contributed by atoms with Gasteiger partial charge in [-0.2, -0.15) is 0 Å². The fourth-order valence-electron chi connectivity index (χ4n) is 4.68. The van der Waals surface area contributed by atoms with Gasteiger partial charge in [-0.3, -0.25) is 13.9 Å². The second-order valence-corrected chi connectivity index (χ2v) is 13.2. The molecule has 7 nitrogen and oxygen atoms in total. The highest BCUT2D eigenvalue weighted by Crippen LogP contribution is 2.26. The number of halogens is 2. The Morgan fingerprint density at radius 3 is 2.02 bits per heavy atom. The first-order valence-electron chi connectivity index (χ1n) is 14.3. The zero-order chi connectivity index (χ0) is 31.7. The van der Waals surface area contributed by atoms with Gasteiger partial charge in [0.05, 0.1) is 10.6 Å². The average molecular weight is 653 g/mol. The van der Waals surface area contributed by atoms with E-state index in [0.29, 0.717) is 27.7 Å². The minimum Gasteiger partial charge on any atom is -0.352 e. The van der Waals surface area contributed by atoms with Crippen LogP contribution in [0.4, 0.5) is 5.69 Å². The third-order valence-electron chi connectivity index (χ3n) is 7.24. The summed E-state index contributed by atoms with van der Waals surface area (Å²) in [6.45, 7) is 3.35. The largest absolute Gasteiger partial charge is 0.352 e. The van der Waals surface area contributed by atoms with E-state index in [1.165, 1.54) is 29.2 Å². The summed E-state index contributed by atoms with van der Waals surface area (Å²) in [5, 5.41) is 3.89. The molecule has 4 aromatic rings. The summed E-state index contributed by atoms with van der Waals surface area (Å²) in [6.07, 6.45) is 0.928. The van der Waals surface area contributed by atoms with Crippen molar-refractivity contribution in [1.29, 1.82) is 0 Å². The normalized spacial score (nSPS) is 12.6. The number of rotatable bonds is 13. The highest BCUT2D eigenvalue weighted by atomic mass is 35.5. The van der Waals surface area contributed by atoms with Crippen LogP contribution in [0, 0.1) is 0 Å². The molecule has 0 spiro atoms. The van der Waals surface area contributed by atoms with Crippen LogP contribution in [-0.2, 0) is 32.6 Å². The molecule has 2 amide bonds. The molecule has 0 saturated heterocycles. The van der Waals surface area contributed by atoms with Crippen LogP contribution in [0.15, 0.2) is 114 Å². The SMILES string of the molecule is CCC(C)NC(=O)C(Cc1ccccc1)N(Cc1cccc(Cl)c1)C(=O)CN(c1ccccc1)S(=O)(=O)c1ccc(Cl)cc1. The Hall–Kier alpha value is -3.85. The van der Waals surface area contributed by atoms with E-state index in [9.17, 15) is 18.0 Å². The summed E-state index contributed by atoms with van der Waals surface area (Å²) in [5.41, 5.74) is 1.86. The van der Waals surface area contributed by atoms with Crippen molar-refractivity contribution in [1.82, 2.24) is 10.2 Å². The number of carbonyl (C=O) groups is 2. The van der Waals surface area contributed by atoms with Crippen LogP contribution in [0.3, 0.4) is 0 Å². The van der Waals surface area contributed by atoms with E-state index in [1.807, 2.05) is 50.2 Å². The fraction of sp³-hybridized carbons (Fsp3) is 0.235. The lowest BCUT2D eigenvalue weighted by atomic mass is 10.0. The minimum absolute atomic E-state index is 0.0182. The lowest BCUT2D eigenvalue weighted by molar-refractivity contribution is -0.140. The Morgan fingerprint density at radius 1 is 0.795 bits per heavy atom. The zero-order valence-corrected chi connectivity index (χ0v) is 26.9. The molecule has 0 radical (unpaired) electrons. The number of nitrogens with zero attached hydrogens (tertiary/aromatic N) is 2. The second kappa shape index (κ2) is 15.2. The van der Waals surface area contributed by atoms with Gasteiger partial charge in [-0.1, -0.05) is 90.8 Å². The van der Waals surface area contributed by atoms with E-state index < -0.39 is 28.5 Å². The number of hydrogen-bond acceptors (Lipinski definition) is 4. The molecular weight excluding hydrogens is 617 g/mol. The van der Waals surface area contributed by atoms with Crippen molar-refractivity contribution in [3.05, 3.63) is 130 Å². The summed E-state index contributed by atoms with van der Waals surface area (Å²) in [7, 11) is -4.20. The second-order valence-electron chi connectivity index (χ2n) is 10.5. The number of nitrogens with one attached hydrogen (secondary N) is 1. The Kier molecular flexibility index (Phi) is 11.4. The molecule has 10 heteroatoms. The Labute approximate surface area is 269 Å². The van der Waals surface area contributed by atoms with E-state index in [4.69, 9.17) is 23.2 Å². The predicted octanol–water partition coefficient (Wildman–Crippen LogP) is 6.74. The van der Waals surface area contributed by atoms with Crippen LogP contribution in [0.1, 0.15) is 31.4 Å². The van der Waals surface area contributed by atoms with Gasteiger partial charge >= 0.3 is 0 Å². The number of anilines is 1. The standard InChI is InChI=1S/C34H35Cl2N3O4S/c1-3-25(2)37-34(41)32(22-26-11-6-4-7-12-26)38(23-27-13-10-14-29(36)21-27)33(40)24-39(30-15-8-5-9-16-30)44(42,43)31-19-17-28(35)18-20-31/h4-21,25,32H,3,22-24H2,1-2H3,(H,37,41). The first kappa shape index (κ1) is 33.1. The maximum absolute atomic E-state index is 14.4. The smallest absolute Gasteiger partial charge is 0.264 e. The van der Waals surface area contributed by atoms with Crippen molar-refractivity contribution in [2.45, 2.75) is 50.2 Å². The van der Waals surface area contributed by atoms with Gasteiger partial charge in [-0.05, 0) is 73.0 Å². The van der Waals surface area contributed by atoms with Gasteiger partial charge in [-0.25, -0.2) is 8.42 Å². The molecule has 0 aliphatic carbocycles. The molecule has 230 valence electrons. The van der Waals surface area contributed by atoms with Crippen molar-refractivity contribution < 1.29 is 18.0 Å². The highest BCUT2D eigenvalue weighted by molar-refractivity contribution is 7.92. The summed E-state index contributed by atoms with van der Waals surface area (Å²) < 4.78 is 29.1. The summed E-state index contributed by atoms with van der Waals surface area (Å²) >= 11 is 12.3. The Bertz CT molecular complexity index is 1650. The maximum Gasteiger partial charge on any atom is 0.264 e. The van der Waals surface area contributed by atoms with Crippen LogP contribution in [0.2, 0.25) is 10.0 Å². The van der Waals surface area contributed by atoms with Gasteiger partial charge in [-0.15, -0.1) is 0 Å². The number of carbonyl (C=O) groups excluding carboxylic acids is 2. The number of para-hydroxylation sites is 1. The van der Waals surface area contributed by atoms with Crippen molar-refractivity contribution >= 4 is 50.7 Å². The molecule has 0 bridgehead atoms. The van der Waals surface area contributed by atoms with Gasteiger partial charge in [0, 0.05) is 29.1 Å². The van der Waals surface area contributed by atoms with Crippen LogP contribution >= 0.6 is 23.2 Å². The molecule has 44 heavy (non-hydrogen) atoms. The molecule has 0 aromatic heterocycles. The molecule has 0 aliphatic rings. The molecule has 0 heterocycles. The molecule has 0 saturated carbocycles. The van der Waals surface area contributed by atoms with Gasteiger partial charge < -0.3 is 10.2 Å². The van der Waals surface area contributed by atoms with Crippen LogP contribution in [0.25, 0.3) is 0 Å². The van der Waals surface area contributed by atoms with Crippen molar-refractivity contribution in [2.75, 3.05) is 10.8 Å². The maximum atomic E-state index is 14.4. The van der Waals surface area contributed by atoms with E-state index in [2.05, 4.69) is 5.32 Å².